The molecule has 0 aliphatic carbocycles. The Balaban J connectivity index is 0. The Labute approximate surface area is 54.8 Å². The monoisotopic (exact) mass is 368 g/mol. The smallest absolute Gasteiger partial charge is 2.00 e. The Morgan fingerprint density at radius 1 is 1.17 bits per heavy atom. The largest absolute Gasteiger partial charge is 2.00 e. The minimum Gasteiger partial charge on any atom is 2.00 e. The Morgan fingerprint density at radius 2 is 1.17 bits per heavy atom. The summed E-state index contributed by atoms with van der Waals surface area (Å²) in [6.45, 7) is 0. The minimum absolute atomic E-state index is 0. The third-order valence-electron chi connectivity index (χ3n) is 0. The topological polar surface area (TPSA) is 80.3 Å². The van der Waals surface area contributed by atoms with Gasteiger partial charge in [0.1, 0.15) is 0 Å². The molecule has 6 heteroatoms. The van der Waals surface area contributed by atoms with Gasteiger partial charge in [-0.05, 0) is 0 Å². The predicted molar refractivity (Wildman–Crippen MR) is 7.13 cm³/mol. The van der Waals surface area contributed by atoms with Gasteiger partial charge in [0.25, 0.3) is 0 Å². The zero-order chi connectivity index (χ0) is 4.50. The fourth-order valence-electron chi connectivity index (χ4n) is 0. The van der Waals surface area contributed by atoms with Crippen LogP contribution in [0.15, 0.2) is 0 Å². The van der Waals surface area contributed by atoms with E-state index in [2.05, 4.69) is 0 Å². The van der Waals surface area contributed by atoms with Crippen molar-refractivity contribution in [3.63, 3.8) is 0 Å². The van der Waals surface area contributed by atoms with Gasteiger partial charge >= 0.3 is 55.0 Å². The van der Waals surface area contributed by atoms with E-state index in [0.717, 1.165) is 0 Å². The van der Waals surface area contributed by atoms with Crippen LogP contribution >= 0.6 is 0 Å². The molecule has 34 valence electrons. The number of rotatable bonds is 0. The second kappa shape index (κ2) is 3.07. The summed E-state index contributed by atoms with van der Waals surface area (Å²) in [7, 11) is 0. The molecule has 0 fully saturated rings. The van der Waals surface area contributed by atoms with Crippen LogP contribution in [0.1, 0.15) is 0 Å². The van der Waals surface area contributed by atoms with Gasteiger partial charge in [-0.3, -0.25) is 0 Å². The molecule has 2 radical (unpaired) electrons. The van der Waals surface area contributed by atoms with Crippen LogP contribution in [0.25, 0.3) is 0 Å². The third kappa shape index (κ3) is 79.3. The molecule has 0 bridgehead atoms. The van der Waals surface area contributed by atoms with Crippen molar-refractivity contribution in [3.05, 3.63) is 0 Å². The van der Waals surface area contributed by atoms with Crippen LogP contribution in [0.4, 0.5) is 0 Å². The Bertz CT molecular complexity index is 90.7. The summed E-state index contributed by atoms with van der Waals surface area (Å²) in [5.41, 5.74) is 0. The molecule has 0 aromatic rings. The molecule has 0 spiro atoms. The number of hydrogen-bond acceptors (Lipinski definition) is 4. The quantitative estimate of drug-likeness (QED) is 0.428. The molecule has 0 saturated heterocycles. The first kappa shape index (κ1) is 10.1. The second-order valence-corrected chi connectivity index (χ2v) is 3.34. The van der Waals surface area contributed by atoms with E-state index in [1.807, 2.05) is 0 Å². The van der Waals surface area contributed by atoms with Crippen LogP contribution in [-0.4, -0.2) is 23.9 Å². The zero-order valence-corrected chi connectivity index (χ0v) is 8.33. The summed E-state index contributed by atoms with van der Waals surface area (Å²) >= 11 is -6.17. The molecule has 0 amide bonds. The molecule has 0 aliphatic rings. The van der Waals surface area contributed by atoms with Crippen molar-refractivity contribution in [2.45, 2.75) is 0 Å². The molecule has 6 heavy (non-hydrogen) atoms. The molecule has 0 aromatic heterocycles. The van der Waals surface area contributed by atoms with Crippen LogP contribution in [0.5, 0.6) is 0 Å². The fraction of sp³-hybridized carbons (Fsp3) is 0. The van der Waals surface area contributed by atoms with E-state index in [9.17, 15) is 0 Å². The Morgan fingerprint density at radius 3 is 1.17 bits per heavy atom. The van der Waals surface area contributed by atoms with E-state index in [0.29, 0.717) is 0 Å². The zero-order valence-electron chi connectivity index (χ0n) is 2.54. The van der Waals surface area contributed by atoms with E-state index in [4.69, 9.17) is 14.3 Å². The van der Waals surface area contributed by atoms with Crippen LogP contribution in [-0.2, 0) is 23.5 Å². The van der Waals surface area contributed by atoms with Crippen LogP contribution in [0, 0.1) is 0 Å². The second-order valence-electron chi connectivity index (χ2n) is 0.408. The van der Waals surface area contributed by atoms with Crippen LogP contribution < -0.4 is 7.52 Å². The number of hydrogen-bond donors (Lipinski definition) is 0. The average Bonchev–Trinajstić information content (AvgIpc) is 0.722. The Hall–Kier alpha value is 1.01. The van der Waals surface area contributed by atoms with Gasteiger partial charge in [0.05, 0.1) is 0 Å². The molecule has 0 N–H and O–H groups in total. The van der Waals surface area contributed by atoms with E-state index in [-0.39, 0.29) is 23.9 Å². The van der Waals surface area contributed by atoms with Gasteiger partial charge in [-0.25, -0.2) is 0 Å². The first-order valence-corrected chi connectivity index (χ1v) is 5.46. The summed E-state index contributed by atoms with van der Waals surface area (Å²) < 4.78 is 34.6. The van der Waals surface area contributed by atoms with Crippen molar-refractivity contribution >= 4 is 23.9 Å². The molecule has 0 heterocycles. The SMILES string of the molecule is [O]=[W](=[O])([O-])[O-].[Sn+2]. The summed E-state index contributed by atoms with van der Waals surface area (Å²) in [5.74, 6) is 0. The third-order valence-corrected chi connectivity index (χ3v) is 0. The first-order valence-electron chi connectivity index (χ1n) is 0.667. The average molecular weight is 367 g/mol. The Kier molecular flexibility index (Phi) is 5.16. The molecular weight excluding hydrogens is 367 g/mol. The predicted octanol–water partition coefficient (Wildman–Crippen LogP) is -3.00. The summed E-state index contributed by atoms with van der Waals surface area (Å²) in [5, 5.41) is 0. The van der Waals surface area contributed by atoms with Crippen LogP contribution in [0.3, 0.4) is 0 Å². The van der Waals surface area contributed by atoms with E-state index >= 15 is 0 Å². The van der Waals surface area contributed by atoms with E-state index in [1.165, 1.54) is 0 Å². The van der Waals surface area contributed by atoms with Gasteiger partial charge in [0.15, 0.2) is 0 Å². The van der Waals surface area contributed by atoms with E-state index < -0.39 is 16.7 Å². The standard InChI is InChI=1S/4O.Sn.W/q;;2*-1;+2;. The maximum Gasteiger partial charge on any atom is 2.00 e. The van der Waals surface area contributed by atoms with Gasteiger partial charge < -0.3 is 0 Å². The molecule has 0 unspecified atom stereocenters. The van der Waals surface area contributed by atoms with Crippen molar-refractivity contribution in [3.8, 4) is 0 Å². The fourth-order valence-corrected chi connectivity index (χ4v) is 0. The molecule has 4 nitrogen and oxygen atoms in total. The molecular formula is O4SnW. The van der Waals surface area contributed by atoms with E-state index in [1.54, 1.807) is 0 Å². The molecule has 0 aliphatic heterocycles. The van der Waals surface area contributed by atoms with Crippen LogP contribution in [0.2, 0.25) is 0 Å². The maximum atomic E-state index is 8.65. The van der Waals surface area contributed by atoms with Gasteiger partial charge in [-0.15, -0.1) is 0 Å². The van der Waals surface area contributed by atoms with Crippen molar-refractivity contribution in [2.24, 2.45) is 0 Å². The van der Waals surface area contributed by atoms with Gasteiger partial charge in [0.2, 0.25) is 0 Å². The van der Waals surface area contributed by atoms with Crippen molar-refractivity contribution in [2.75, 3.05) is 0 Å². The van der Waals surface area contributed by atoms with Crippen molar-refractivity contribution < 1.29 is 31.1 Å². The molecule has 0 aromatic carbocycles. The van der Waals surface area contributed by atoms with Gasteiger partial charge in [0, 0.05) is 0 Å². The summed E-state index contributed by atoms with van der Waals surface area (Å²) in [6, 6.07) is 0. The summed E-state index contributed by atoms with van der Waals surface area (Å²) in [6.07, 6.45) is 0. The summed E-state index contributed by atoms with van der Waals surface area (Å²) in [4.78, 5) is 0. The first-order chi connectivity index (χ1) is 2.00. The van der Waals surface area contributed by atoms with Crippen molar-refractivity contribution in [1.29, 1.82) is 0 Å². The molecule has 0 rings (SSSR count). The maximum absolute atomic E-state index is 8.65. The van der Waals surface area contributed by atoms with Gasteiger partial charge in [-0.2, -0.15) is 0 Å². The minimum atomic E-state index is -6.17. The van der Waals surface area contributed by atoms with Gasteiger partial charge in [-0.1, -0.05) is 0 Å². The molecule has 0 atom stereocenters. The van der Waals surface area contributed by atoms with Crippen molar-refractivity contribution in [1.82, 2.24) is 0 Å². The normalized spacial score (nSPS) is 9.67. The molecule has 0 saturated carbocycles.